The van der Waals surface area contributed by atoms with Crippen molar-refractivity contribution in [1.82, 2.24) is 10.6 Å². The fraction of sp³-hybridized carbons (Fsp3) is 0.909. The highest BCUT2D eigenvalue weighted by molar-refractivity contribution is 7.99. The van der Waals surface area contributed by atoms with Crippen molar-refractivity contribution in [3.8, 4) is 0 Å². The zero-order chi connectivity index (χ0) is 12.2. The van der Waals surface area contributed by atoms with Gasteiger partial charge in [0.2, 0.25) is 0 Å². The molecule has 0 saturated heterocycles. The second kappa shape index (κ2) is 5.77. The number of aliphatic hydroxyl groups is 1. The molecule has 16 heavy (non-hydrogen) atoms. The van der Waals surface area contributed by atoms with Crippen LogP contribution in [0.1, 0.15) is 33.1 Å². The number of amides is 2. The number of thioether (sulfide) groups is 1. The number of nitrogens with one attached hydrogen (secondary N) is 2. The summed E-state index contributed by atoms with van der Waals surface area (Å²) in [7, 11) is 0. The molecule has 0 unspecified atom stereocenters. The van der Waals surface area contributed by atoms with E-state index in [-0.39, 0.29) is 18.6 Å². The van der Waals surface area contributed by atoms with E-state index in [0.717, 1.165) is 6.42 Å². The summed E-state index contributed by atoms with van der Waals surface area (Å²) in [6.45, 7) is 3.62. The summed E-state index contributed by atoms with van der Waals surface area (Å²) < 4.78 is 0. The lowest BCUT2D eigenvalue weighted by Gasteiger charge is -2.22. The third kappa shape index (κ3) is 4.61. The number of carbonyl (C=O) groups is 1. The molecule has 1 aliphatic rings. The number of hydrogen-bond donors (Lipinski definition) is 3. The fourth-order valence-corrected chi connectivity index (χ4v) is 2.82. The second-order valence-electron chi connectivity index (χ2n) is 4.95. The lowest BCUT2D eigenvalue weighted by Crippen LogP contribution is -2.48. The predicted molar refractivity (Wildman–Crippen MR) is 67.8 cm³/mol. The molecule has 94 valence electrons. The topological polar surface area (TPSA) is 61.4 Å². The third-order valence-electron chi connectivity index (χ3n) is 2.75. The molecule has 0 spiro atoms. The Morgan fingerprint density at radius 3 is 2.75 bits per heavy atom. The summed E-state index contributed by atoms with van der Waals surface area (Å²) in [5, 5.41) is 15.7. The van der Waals surface area contributed by atoms with Gasteiger partial charge in [0.15, 0.2) is 0 Å². The molecule has 0 radical (unpaired) electrons. The smallest absolute Gasteiger partial charge is 0.315 e. The van der Waals surface area contributed by atoms with E-state index in [0.29, 0.717) is 5.25 Å². The first-order chi connectivity index (χ1) is 7.42. The average molecular weight is 246 g/mol. The maximum Gasteiger partial charge on any atom is 0.315 e. The Bertz CT molecular complexity index is 241. The van der Waals surface area contributed by atoms with Crippen molar-refractivity contribution < 1.29 is 9.90 Å². The molecule has 0 bridgehead atoms. The Kier molecular flexibility index (Phi) is 4.92. The minimum atomic E-state index is -0.855. The van der Waals surface area contributed by atoms with Crippen molar-refractivity contribution in [2.24, 2.45) is 0 Å². The first-order valence-electron chi connectivity index (χ1n) is 5.72. The predicted octanol–water partition coefficient (Wildman–Crippen LogP) is 1.34. The van der Waals surface area contributed by atoms with Crippen LogP contribution in [0.4, 0.5) is 4.79 Å². The van der Waals surface area contributed by atoms with E-state index in [2.05, 4.69) is 16.9 Å². The van der Waals surface area contributed by atoms with Gasteiger partial charge in [-0.05, 0) is 32.9 Å². The van der Waals surface area contributed by atoms with E-state index >= 15 is 0 Å². The Morgan fingerprint density at radius 1 is 1.50 bits per heavy atom. The Balaban J connectivity index is 2.28. The molecule has 0 aromatic heterocycles. The molecule has 2 atom stereocenters. The highest BCUT2D eigenvalue weighted by atomic mass is 32.2. The monoisotopic (exact) mass is 246 g/mol. The molecule has 0 aromatic rings. The first kappa shape index (κ1) is 13.6. The standard InChI is InChI=1S/C11H22N2O2S/c1-11(2,15)7-12-10(14)13-8-5-4-6-9(8)16-3/h8-9,15H,4-7H2,1-3H3,(H2,12,13,14)/t8-,9-/m1/s1. The van der Waals surface area contributed by atoms with Crippen LogP contribution in [-0.2, 0) is 0 Å². The van der Waals surface area contributed by atoms with Gasteiger partial charge < -0.3 is 15.7 Å². The Morgan fingerprint density at radius 2 is 2.19 bits per heavy atom. The van der Waals surface area contributed by atoms with Crippen LogP contribution in [0.3, 0.4) is 0 Å². The Labute approximate surface area is 102 Å². The van der Waals surface area contributed by atoms with Gasteiger partial charge in [0.05, 0.1) is 5.60 Å². The summed E-state index contributed by atoms with van der Waals surface area (Å²) in [6, 6.07) is 0.102. The highest BCUT2D eigenvalue weighted by Crippen LogP contribution is 2.28. The lowest BCUT2D eigenvalue weighted by atomic mass is 10.1. The van der Waals surface area contributed by atoms with Crippen LogP contribution < -0.4 is 10.6 Å². The molecule has 4 nitrogen and oxygen atoms in total. The zero-order valence-electron chi connectivity index (χ0n) is 10.2. The van der Waals surface area contributed by atoms with Crippen molar-refractivity contribution in [3.63, 3.8) is 0 Å². The summed E-state index contributed by atoms with van der Waals surface area (Å²) in [6.07, 6.45) is 5.50. The van der Waals surface area contributed by atoms with Gasteiger partial charge in [-0.2, -0.15) is 11.8 Å². The van der Waals surface area contributed by atoms with Crippen LogP contribution in [0.15, 0.2) is 0 Å². The van der Waals surface area contributed by atoms with Gasteiger partial charge in [0.25, 0.3) is 0 Å². The normalized spacial score (nSPS) is 25.5. The third-order valence-corrected chi connectivity index (χ3v) is 3.92. The summed E-state index contributed by atoms with van der Waals surface area (Å²) in [5.74, 6) is 0. The highest BCUT2D eigenvalue weighted by Gasteiger charge is 2.27. The molecular formula is C11H22N2O2S. The Hall–Kier alpha value is -0.420. The van der Waals surface area contributed by atoms with E-state index < -0.39 is 5.60 Å². The molecule has 2 amide bonds. The van der Waals surface area contributed by atoms with Gasteiger partial charge in [-0.1, -0.05) is 6.42 Å². The quantitative estimate of drug-likeness (QED) is 0.701. The fourth-order valence-electron chi connectivity index (χ4n) is 1.89. The van der Waals surface area contributed by atoms with Crippen LogP contribution in [0.25, 0.3) is 0 Å². The van der Waals surface area contributed by atoms with Crippen LogP contribution in [0.2, 0.25) is 0 Å². The van der Waals surface area contributed by atoms with Crippen LogP contribution in [0, 0.1) is 0 Å². The van der Waals surface area contributed by atoms with Crippen molar-refractivity contribution >= 4 is 17.8 Å². The van der Waals surface area contributed by atoms with Gasteiger partial charge in [-0.15, -0.1) is 0 Å². The van der Waals surface area contributed by atoms with Crippen molar-refractivity contribution in [2.45, 2.75) is 50.0 Å². The second-order valence-corrected chi connectivity index (χ2v) is 6.03. The van der Waals surface area contributed by atoms with Gasteiger partial charge in [0, 0.05) is 17.8 Å². The molecule has 1 aliphatic carbocycles. The number of carbonyl (C=O) groups excluding carboxylic acids is 1. The van der Waals surface area contributed by atoms with E-state index in [9.17, 15) is 9.90 Å². The minimum Gasteiger partial charge on any atom is -0.389 e. The van der Waals surface area contributed by atoms with E-state index in [4.69, 9.17) is 0 Å². The number of hydrogen-bond acceptors (Lipinski definition) is 3. The average Bonchev–Trinajstić information content (AvgIpc) is 2.61. The van der Waals surface area contributed by atoms with E-state index in [1.54, 1.807) is 13.8 Å². The summed E-state index contributed by atoms with van der Waals surface area (Å²) in [4.78, 5) is 11.6. The number of rotatable bonds is 4. The summed E-state index contributed by atoms with van der Waals surface area (Å²) >= 11 is 1.81. The van der Waals surface area contributed by atoms with Crippen LogP contribution in [-0.4, -0.2) is 40.8 Å². The zero-order valence-corrected chi connectivity index (χ0v) is 11.1. The van der Waals surface area contributed by atoms with Crippen molar-refractivity contribution in [2.75, 3.05) is 12.8 Å². The minimum absolute atomic E-state index is 0.173. The molecule has 0 aliphatic heterocycles. The van der Waals surface area contributed by atoms with E-state index in [1.165, 1.54) is 12.8 Å². The largest absolute Gasteiger partial charge is 0.389 e. The first-order valence-corrected chi connectivity index (χ1v) is 7.01. The van der Waals surface area contributed by atoms with Gasteiger partial charge in [-0.3, -0.25) is 0 Å². The van der Waals surface area contributed by atoms with Crippen molar-refractivity contribution in [3.05, 3.63) is 0 Å². The SMILES string of the molecule is CS[C@@H]1CCC[C@H]1NC(=O)NCC(C)(C)O. The molecule has 1 rings (SSSR count). The van der Waals surface area contributed by atoms with Gasteiger partial charge in [0.1, 0.15) is 0 Å². The molecule has 5 heteroatoms. The summed E-state index contributed by atoms with van der Waals surface area (Å²) in [5.41, 5.74) is -0.855. The van der Waals surface area contributed by atoms with Crippen LogP contribution >= 0.6 is 11.8 Å². The van der Waals surface area contributed by atoms with Gasteiger partial charge in [-0.25, -0.2) is 4.79 Å². The van der Waals surface area contributed by atoms with Crippen LogP contribution in [0.5, 0.6) is 0 Å². The van der Waals surface area contributed by atoms with Crippen molar-refractivity contribution in [1.29, 1.82) is 0 Å². The molecule has 1 fully saturated rings. The molecule has 3 N–H and O–H groups in total. The maximum absolute atomic E-state index is 11.6. The molecule has 0 heterocycles. The lowest BCUT2D eigenvalue weighted by molar-refractivity contribution is 0.0818. The molecular weight excluding hydrogens is 224 g/mol. The van der Waals surface area contributed by atoms with E-state index in [1.807, 2.05) is 11.8 Å². The number of urea groups is 1. The molecule has 1 saturated carbocycles. The molecule has 0 aromatic carbocycles. The maximum atomic E-state index is 11.6. The van der Waals surface area contributed by atoms with Gasteiger partial charge >= 0.3 is 6.03 Å².